The number of fused-ring (bicyclic) bond motifs is 1. The summed E-state index contributed by atoms with van der Waals surface area (Å²) in [5, 5.41) is 2.34. The first-order chi connectivity index (χ1) is 29.5. The molecule has 0 saturated carbocycles. The maximum Gasteiger partial charge on any atom is 0.320 e. The number of nitrogens with zero attached hydrogens (tertiary/aromatic N) is 8. The number of likely N-dealkylation sites (N-methyl/N-ethyl adjacent to an activating group) is 1. The lowest BCUT2D eigenvalue weighted by Crippen LogP contribution is -2.52. The van der Waals surface area contributed by atoms with Gasteiger partial charge in [-0.1, -0.05) is 24.3 Å². The van der Waals surface area contributed by atoms with E-state index in [4.69, 9.17) is 15.5 Å². The third-order valence-corrected chi connectivity index (χ3v) is 12.6. The summed E-state index contributed by atoms with van der Waals surface area (Å²) in [5.74, 6) is -0.779. The van der Waals surface area contributed by atoms with Crippen LogP contribution < -0.4 is 20.9 Å². The number of benzene rings is 2. The smallest absolute Gasteiger partial charge is 0.320 e. The van der Waals surface area contributed by atoms with Crippen LogP contribution in [-0.4, -0.2) is 150 Å². The molecule has 8 rings (SSSR count). The molecule has 61 heavy (non-hydrogen) atoms. The zero-order chi connectivity index (χ0) is 42.6. The number of carbonyl (C=O) groups excluding carboxylic acids is 6. The number of rotatable bonds is 14. The van der Waals surface area contributed by atoms with E-state index in [1.54, 1.807) is 16.0 Å². The standard InChI is InChI=1S/C44H54N10O7/c1-49-16-21-53(44(49)60)33-5-2-15-52(28-33)37-26-46-40(41(45)57)35(47-37)25-30-7-10-32(11-8-30)50-17-19-51(20-18-50)39(56)14-23-61-22-3-4-29-6-9-31-27-54(43(59)34(31)24-29)36-12-13-38(55)48-42(36)58/h6-11,24,26,33,36H,2-5,12-23,25,27-28H2,1H3,(H2,45,57)(H,48,55,58)/t33-,36?/m1/s1. The molecule has 5 aliphatic heterocycles. The van der Waals surface area contributed by atoms with Gasteiger partial charge in [0.2, 0.25) is 17.7 Å². The van der Waals surface area contributed by atoms with Crippen LogP contribution in [0.3, 0.4) is 0 Å². The van der Waals surface area contributed by atoms with Crippen molar-refractivity contribution in [2.45, 2.75) is 70.0 Å². The molecule has 2 aromatic carbocycles. The van der Waals surface area contributed by atoms with E-state index in [0.29, 0.717) is 95.2 Å². The SMILES string of the molecule is CN1CCN([C@@H]2CCCN(c3cnc(C(N)=O)c(Cc4ccc(N5CCN(C(=O)CCOCCCc6ccc7c(c6)C(=O)N(C6CCC(=O)NC6=O)C7)CC5)cc4)n3)C2)C1=O. The summed E-state index contributed by atoms with van der Waals surface area (Å²) in [4.78, 5) is 96.0. The van der Waals surface area contributed by atoms with Crippen LogP contribution in [0.25, 0.3) is 0 Å². The summed E-state index contributed by atoms with van der Waals surface area (Å²) in [5.41, 5.74) is 10.9. The Bertz CT molecular complexity index is 2180. The number of aryl methyl sites for hydroxylation is 1. The summed E-state index contributed by atoms with van der Waals surface area (Å²) in [6, 6.07) is 13.5. The molecule has 1 aromatic heterocycles. The average molecular weight is 835 g/mol. The molecule has 7 amide bonds. The second-order valence-electron chi connectivity index (χ2n) is 16.6. The number of ether oxygens (including phenoxy) is 1. The van der Waals surface area contributed by atoms with E-state index in [1.165, 1.54) is 0 Å². The van der Waals surface area contributed by atoms with E-state index >= 15 is 0 Å². The summed E-state index contributed by atoms with van der Waals surface area (Å²) in [7, 11) is 1.83. The molecule has 0 aliphatic carbocycles. The van der Waals surface area contributed by atoms with Gasteiger partial charge in [0.05, 0.1) is 31.0 Å². The summed E-state index contributed by atoms with van der Waals surface area (Å²) in [6.45, 7) is 6.72. The highest BCUT2D eigenvalue weighted by Gasteiger charge is 2.39. The quantitative estimate of drug-likeness (QED) is 0.178. The van der Waals surface area contributed by atoms with Crippen LogP contribution in [0, 0.1) is 0 Å². The minimum absolute atomic E-state index is 0.0611. The van der Waals surface area contributed by atoms with Crippen LogP contribution in [0.15, 0.2) is 48.7 Å². The molecule has 322 valence electrons. The second-order valence-corrected chi connectivity index (χ2v) is 16.6. The first-order valence-corrected chi connectivity index (χ1v) is 21.4. The van der Waals surface area contributed by atoms with Crippen LogP contribution >= 0.6 is 0 Å². The Morgan fingerprint density at radius 1 is 0.885 bits per heavy atom. The van der Waals surface area contributed by atoms with Crippen LogP contribution in [-0.2, 0) is 38.5 Å². The van der Waals surface area contributed by atoms with Gasteiger partial charge >= 0.3 is 6.03 Å². The maximum absolute atomic E-state index is 13.1. The Morgan fingerprint density at radius 3 is 2.41 bits per heavy atom. The number of anilines is 2. The number of piperazine rings is 1. The average Bonchev–Trinajstić information content (AvgIpc) is 3.78. The van der Waals surface area contributed by atoms with Gasteiger partial charge in [-0.15, -0.1) is 0 Å². The Kier molecular flexibility index (Phi) is 12.5. The number of imide groups is 1. The molecule has 0 spiro atoms. The fourth-order valence-electron chi connectivity index (χ4n) is 9.11. The molecule has 6 heterocycles. The van der Waals surface area contributed by atoms with E-state index in [9.17, 15) is 28.8 Å². The lowest BCUT2D eigenvalue weighted by atomic mass is 10.0. The number of carbonyl (C=O) groups is 6. The zero-order valence-electron chi connectivity index (χ0n) is 34.7. The van der Waals surface area contributed by atoms with Gasteiger partial charge in [0.1, 0.15) is 17.6 Å². The first kappa shape index (κ1) is 41.6. The third kappa shape index (κ3) is 9.31. The molecule has 17 nitrogen and oxygen atoms in total. The molecule has 3 aromatic rings. The molecular weight excluding hydrogens is 781 g/mol. The zero-order valence-corrected chi connectivity index (χ0v) is 34.7. The molecule has 4 saturated heterocycles. The molecule has 0 radical (unpaired) electrons. The van der Waals surface area contributed by atoms with Gasteiger partial charge in [0, 0.05) is 96.6 Å². The maximum atomic E-state index is 13.1. The second kappa shape index (κ2) is 18.3. The van der Waals surface area contributed by atoms with E-state index in [1.807, 2.05) is 47.2 Å². The normalized spacial score (nSPS) is 20.7. The van der Waals surface area contributed by atoms with Gasteiger partial charge in [-0.25, -0.2) is 14.8 Å². The molecule has 3 N–H and O–H groups in total. The highest BCUT2D eigenvalue weighted by atomic mass is 16.5. The van der Waals surface area contributed by atoms with Gasteiger partial charge < -0.3 is 39.9 Å². The molecular formula is C44H54N10O7. The van der Waals surface area contributed by atoms with Gasteiger partial charge in [0.15, 0.2) is 0 Å². The third-order valence-electron chi connectivity index (χ3n) is 12.6. The number of nitrogens with one attached hydrogen (secondary N) is 1. The highest BCUT2D eigenvalue weighted by molar-refractivity contribution is 6.05. The highest BCUT2D eigenvalue weighted by Crippen LogP contribution is 2.29. The molecule has 17 heteroatoms. The van der Waals surface area contributed by atoms with Crippen molar-refractivity contribution in [1.29, 1.82) is 0 Å². The number of nitrogens with two attached hydrogens (primary N) is 1. The Morgan fingerprint density at radius 2 is 1.67 bits per heavy atom. The van der Waals surface area contributed by atoms with Gasteiger partial charge in [-0.3, -0.25) is 29.3 Å². The Hall–Kier alpha value is -6.10. The fraction of sp³-hybridized carbons (Fsp3) is 0.500. The van der Waals surface area contributed by atoms with Gasteiger partial charge in [0.25, 0.3) is 11.8 Å². The Balaban J connectivity index is 0.757. The predicted molar refractivity (Wildman–Crippen MR) is 225 cm³/mol. The topological polar surface area (TPSA) is 195 Å². The molecule has 4 fully saturated rings. The fourth-order valence-corrected chi connectivity index (χ4v) is 9.11. The van der Waals surface area contributed by atoms with E-state index in [0.717, 1.165) is 61.3 Å². The Labute approximate surface area is 355 Å². The minimum Gasteiger partial charge on any atom is -0.381 e. The van der Waals surface area contributed by atoms with Crippen LogP contribution in [0.4, 0.5) is 16.3 Å². The van der Waals surface area contributed by atoms with Crippen molar-refractivity contribution < 1.29 is 33.5 Å². The van der Waals surface area contributed by atoms with Crippen LogP contribution in [0.2, 0.25) is 0 Å². The van der Waals surface area contributed by atoms with Crippen LogP contribution in [0.1, 0.15) is 81.8 Å². The summed E-state index contributed by atoms with van der Waals surface area (Å²) < 4.78 is 5.82. The molecule has 5 aliphatic rings. The number of primary amides is 1. The number of hydrogen-bond acceptors (Lipinski definition) is 11. The number of piperidine rings is 2. The van der Waals surface area contributed by atoms with Crippen molar-refractivity contribution in [1.82, 2.24) is 34.9 Å². The van der Waals surface area contributed by atoms with E-state index < -0.39 is 17.9 Å². The van der Waals surface area contributed by atoms with Crippen molar-refractivity contribution in [2.75, 3.05) is 82.4 Å². The summed E-state index contributed by atoms with van der Waals surface area (Å²) in [6.07, 6.45) is 6.18. The predicted octanol–water partition coefficient (Wildman–Crippen LogP) is 1.95. The summed E-state index contributed by atoms with van der Waals surface area (Å²) >= 11 is 0. The monoisotopic (exact) mass is 834 g/mol. The first-order valence-electron chi connectivity index (χ1n) is 21.4. The lowest BCUT2D eigenvalue weighted by molar-refractivity contribution is -0.137. The van der Waals surface area contributed by atoms with E-state index in [2.05, 4.69) is 32.2 Å². The van der Waals surface area contributed by atoms with Crippen LogP contribution in [0.5, 0.6) is 0 Å². The number of urea groups is 1. The van der Waals surface area contributed by atoms with Gasteiger partial charge in [-0.2, -0.15) is 0 Å². The molecule has 2 atom stereocenters. The van der Waals surface area contributed by atoms with Gasteiger partial charge in [-0.05, 0) is 67.0 Å². The minimum atomic E-state index is -0.629. The van der Waals surface area contributed by atoms with Crippen molar-refractivity contribution in [3.63, 3.8) is 0 Å². The molecule has 0 bridgehead atoms. The lowest BCUT2D eigenvalue weighted by Gasteiger charge is -2.37. The van der Waals surface area contributed by atoms with Crippen molar-refractivity contribution in [3.05, 3.63) is 82.3 Å². The number of aromatic nitrogens is 2. The largest absolute Gasteiger partial charge is 0.381 e. The molecule has 1 unspecified atom stereocenters. The number of amides is 7. The number of hydrogen-bond donors (Lipinski definition) is 2. The van der Waals surface area contributed by atoms with Crippen molar-refractivity contribution in [3.8, 4) is 0 Å². The van der Waals surface area contributed by atoms with E-state index in [-0.39, 0.29) is 41.9 Å². The van der Waals surface area contributed by atoms with Crippen molar-refractivity contribution >= 4 is 47.1 Å². The van der Waals surface area contributed by atoms with Crippen molar-refractivity contribution in [2.24, 2.45) is 5.73 Å².